The van der Waals surface area contributed by atoms with E-state index < -0.39 is 12.1 Å². The van der Waals surface area contributed by atoms with Gasteiger partial charge in [0.05, 0.1) is 22.7 Å². The van der Waals surface area contributed by atoms with E-state index in [-0.39, 0.29) is 4.99 Å². The molecule has 88 valence electrons. The Morgan fingerprint density at radius 3 is 2.53 bits per heavy atom. The lowest BCUT2D eigenvalue weighted by Gasteiger charge is -2.15. The molecule has 0 aliphatic rings. The zero-order valence-electron chi connectivity index (χ0n) is 8.88. The number of carbonyl (C=O) groups is 1. The van der Waals surface area contributed by atoms with Crippen LogP contribution < -0.4 is 11.1 Å². The number of nitrogens with one attached hydrogen (secondary N) is 1. The van der Waals surface area contributed by atoms with E-state index >= 15 is 0 Å². The second-order valence-electron chi connectivity index (χ2n) is 3.42. The summed E-state index contributed by atoms with van der Waals surface area (Å²) in [5, 5.41) is 19.5. The van der Waals surface area contributed by atoms with Crippen LogP contribution >= 0.6 is 12.2 Å². The summed E-state index contributed by atoms with van der Waals surface area (Å²) in [7, 11) is 0. The van der Waals surface area contributed by atoms with E-state index in [9.17, 15) is 4.79 Å². The fraction of sp³-hybridized carbons (Fsp3) is 0.182. The highest BCUT2D eigenvalue weighted by atomic mass is 32.1. The Morgan fingerprint density at radius 1 is 1.53 bits per heavy atom. The molecule has 1 atom stereocenters. The van der Waals surface area contributed by atoms with Crippen molar-refractivity contribution in [3.63, 3.8) is 0 Å². The van der Waals surface area contributed by atoms with Crippen molar-refractivity contribution in [3.05, 3.63) is 35.4 Å². The number of nitrogens with two attached hydrogens (primary N) is 1. The first-order valence-corrected chi connectivity index (χ1v) is 5.21. The Morgan fingerprint density at radius 2 is 2.12 bits per heavy atom. The average Bonchev–Trinajstić information content (AvgIpc) is 2.28. The van der Waals surface area contributed by atoms with E-state index in [2.05, 4.69) is 5.32 Å². The molecule has 6 heteroatoms. The van der Waals surface area contributed by atoms with Gasteiger partial charge in [-0.1, -0.05) is 24.4 Å². The van der Waals surface area contributed by atoms with Crippen LogP contribution in [0.15, 0.2) is 24.3 Å². The Hall–Kier alpha value is -2.13. The van der Waals surface area contributed by atoms with Crippen molar-refractivity contribution >= 4 is 23.3 Å². The van der Waals surface area contributed by atoms with Crippen molar-refractivity contribution in [2.24, 2.45) is 5.73 Å². The van der Waals surface area contributed by atoms with Gasteiger partial charge < -0.3 is 16.2 Å². The first-order valence-electron chi connectivity index (χ1n) is 4.80. The van der Waals surface area contributed by atoms with Gasteiger partial charge in [-0.05, 0) is 24.1 Å². The third-order valence-corrected chi connectivity index (χ3v) is 2.45. The quantitative estimate of drug-likeness (QED) is 0.692. The smallest absolute Gasteiger partial charge is 0.405 e. The molecule has 1 aromatic carbocycles. The van der Waals surface area contributed by atoms with Gasteiger partial charge in [-0.25, -0.2) is 4.79 Å². The number of hydrogen-bond acceptors (Lipinski definition) is 3. The Balaban J connectivity index is 2.75. The largest absolute Gasteiger partial charge is 0.465 e. The zero-order valence-corrected chi connectivity index (χ0v) is 9.70. The number of thiocarbonyl (C=S) groups is 1. The highest BCUT2D eigenvalue weighted by molar-refractivity contribution is 7.80. The molecule has 0 aromatic heterocycles. The molecular formula is C11H11N3O2S. The minimum absolute atomic E-state index is 0.0942. The van der Waals surface area contributed by atoms with Crippen LogP contribution in [-0.4, -0.2) is 22.2 Å². The molecule has 5 nitrogen and oxygen atoms in total. The fourth-order valence-corrected chi connectivity index (χ4v) is 1.47. The molecule has 0 heterocycles. The molecule has 0 aliphatic heterocycles. The molecule has 0 aliphatic carbocycles. The number of nitrogens with zero attached hydrogens (tertiary/aromatic N) is 1. The van der Waals surface area contributed by atoms with E-state index in [1.165, 1.54) is 0 Å². The van der Waals surface area contributed by atoms with Crippen molar-refractivity contribution in [3.8, 4) is 6.07 Å². The normalized spacial score (nSPS) is 11.2. The van der Waals surface area contributed by atoms with Gasteiger partial charge in [0, 0.05) is 0 Å². The van der Waals surface area contributed by atoms with E-state index in [1.807, 2.05) is 6.07 Å². The number of rotatable bonds is 4. The molecule has 4 N–H and O–H groups in total. The second-order valence-corrected chi connectivity index (χ2v) is 3.89. The van der Waals surface area contributed by atoms with Crippen molar-refractivity contribution in [2.75, 3.05) is 0 Å². The van der Waals surface area contributed by atoms with Crippen LogP contribution in [0.25, 0.3) is 0 Å². The number of nitriles is 1. The summed E-state index contributed by atoms with van der Waals surface area (Å²) in [6.07, 6.45) is -0.802. The van der Waals surface area contributed by atoms with Crippen molar-refractivity contribution in [2.45, 2.75) is 12.5 Å². The summed E-state index contributed by atoms with van der Waals surface area (Å²) in [5.74, 6) is 0. The van der Waals surface area contributed by atoms with Crippen molar-refractivity contribution in [1.82, 2.24) is 5.32 Å². The molecule has 1 amide bonds. The summed E-state index contributed by atoms with van der Waals surface area (Å²) in [4.78, 5) is 10.6. The third-order valence-electron chi connectivity index (χ3n) is 2.16. The van der Waals surface area contributed by atoms with Crippen LogP contribution in [0.2, 0.25) is 0 Å². The standard InChI is InChI=1S/C11H11N3O2S/c12-6-8-3-1-7(2-4-8)5-9(10(13)17)14-11(15)16/h1-4,9,14H,5H2,(H2,13,17)(H,15,16). The fourth-order valence-electron chi connectivity index (χ4n) is 1.32. The van der Waals surface area contributed by atoms with E-state index in [0.29, 0.717) is 12.0 Å². The molecule has 0 saturated heterocycles. The highest BCUT2D eigenvalue weighted by Gasteiger charge is 2.14. The van der Waals surface area contributed by atoms with Gasteiger partial charge in [-0.3, -0.25) is 0 Å². The molecular weight excluding hydrogens is 238 g/mol. The van der Waals surface area contributed by atoms with E-state index in [1.54, 1.807) is 24.3 Å². The molecule has 0 spiro atoms. The number of carboxylic acid groups (broad SMARTS) is 1. The molecule has 0 bridgehead atoms. The van der Waals surface area contributed by atoms with Crippen molar-refractivity contribution < 1.29 is 9.90 Å². The SMILES string of the molecule is N#Cc1ccc(CC(NC(=O)O)C(N)=S)cc1. The van der Waals surface area contributed by atoms with Crippen LogP contribution in [-0.2, 0) is 6.42 Å². The molecule has 0 fully saturated rings. The van der Waals surface area contributed by atoms with Gasteiger partial charge in [0.25, 0.3) is 0 Å². The summed E-state index contributed by atoms with van der Waals surface area (Å²) >= 11 is 4.78. The molecule has 1 unspecified atom stereocenters. The maximum atomic E-state index is 10.5. The molecule has 0 saturated carbocycles. The topological polar surface area (TPSA) is 99.1 Å². The Kier molecular flexibility index (Phi) is 4.43. The Bertz CT molecular complexity index is 465. The minimum atomic E-state index is -1.17. The van der Waals surface area contributed by atoms with Gasteiger partial charge in [0.15, 0.2) is 0 Å². The lowest BCUT2D eigenvalue weighted by Crippen LogP contribution is -2.44. The van der Waals surface area contributed by atoms with Gasteiger partial charge >= 0.3 is 6.09 Å². The summed E-state index contributed by atoms with van der Waals surface area (Å²) < 4.78 is 0. The predicted octanol–water partition coefficient (Wildman–Crippen LogP) is 1.02. The Labute approximate surface area is 104 Å². The average molecular weight is 249 g/mol. The second kappa shape index (κ2) is 5.82. The first kappa shape index (κ1) is 12.9. The third kappa shape index (κ3) is 4.09. The number of hydrogen-bond donors (Lipinski definition) is 3. The van der Waals surface area contributed by atoms with Crippen molar-refractivity contribution in [1.29, 1.82) is 5.26 Å². The molecule has 1 aromatic rings. The monoisotopic (exact) mass is 249 g/mol. The van der Waals surface area contributed by atoms with Crippen LogP contribution in [0.3, 0.4) is 0 Å². The number of amides is 1. The van der Waals surface area contributed by atoms with Gasteiger partial charge in [-0.15, -0.1) is 0 Å². The maximum Gasteiger partial charge on any atom is 0.405 e. The highest BCUT2D eigenvalue weighted by Crippen LogP contribution is 2.06. The lowest BCUT2D eigenvalue weighted by atomic mass is 10.0. The van der Waals surface area contributed by atoms with Gasteiger partial charge in [-0.2, -0.15) is 5.26 Å². The zero-order chi connectivity index (χ0) is 12.8. The molecule has 17 heavy (non-hydrogen) atoms. The molecule has 0 radical (unpaired) electrons. The number of benzene rings is 1. The van der Waals surface area contributed by atoms with Crippen LogP contribution in [0, 0.1) is 11.3 Å². The van der Waals surface area contributed by atoms with Crippen LogP contribution in [0.1, 0.15) is 11.1 Å². The van der Waals surface area contributed by atoms with Gasteiger partial charge in [0.1, 0.15) is 0 Å². The van der Waals surface area contributed by atoms with E-state index in [0.717, 1.165) is 5.56 Å². The lowest BCUT2D eigenvalue weighted by molar-refractivity contribution is 0.192. The maximum absolute atomic E-state index is 10.5. The predicted molar refractivity (Wildman–Crippen MR) is 66.6 cm³/mol. The first-order chi connectivity index (χ1) is 8.02. The summed E-state index contributed by atoms with van der Waals surface area (Å²) in [6.45, 7) is 0. The minimum Gasteiger partial charge on any atom is -0.465 e. The summed E-state index contributed by atoms with van der Waals surface area (Å²) in [5.41, 5.74) is 6.85. The summed E-state index contributed by atoms with van der Waals surface area (Å²) in [6, 6.07) is 8.21. The van der Waals surface area contributed by atoms with Crippen LogP contribution in [0.4, 0.5) is 4.79 Å². The molecule has 1 rings (SSSR count). The van der Waals surface area contributed by atoms with E-state index in [4.69, 9.17) is 28.3 Å². The van der Waals surface area contributed by atoms with Crippen LogP contribution in [0.5, 0.6) is 0 Å². The van der Waals surface area contributed by atoms with Gasteiger partial charge in [0.2, 0.25) is 0 Å².